The van der Waals surface area contributed by atoms with E-state index >= 15 is 0 Å². The first-order valence-corrected chi connectivity index (χ1v) is 12.9. The van der Waals surface area contributed by atoms with Gasteiger partial charge in [0.2, 0.25) is 0 Å². The number of nitrogens with zero attached hydrogens (tertiary/aromatic N) is 2. The van der Waals surface area contributed by atoms with Gasteiger partial charge >= 0.3 is 5.97 Å². The number of ether oxygens (including phenoxy) is 3. The first-order valence-electron chi connectivity index (χ1n) is 11.7. The molecule has 0 bridgehead atoms. The Hall–Kier alpha value is -3.36. The zero-order valence-corrected chi connectivity index (χ0v) is 22.1. The highest BCUT2D eigenvalue weighted by Gasteiger charge is 2.34. The second-order valence-electron chi connectivity index (χ2n) is 7.90. The van der Waals surface area contributed by atoms with Crippen LogP contribution in [0.4, 0.5) is 0 Å². The molecule has 0 aliphatic carbocycles. The molecule has 1 aromatic heterocycles. The van der Waals surface area contributed by atoms with Gasteiger partial charge in [-0.1, -0.05) is 47.2 Å². The zero-order chi connectivity index (χ0) is 25.8. The lowest BCUT2D eigenvalue weighted by atomic mass is 9.95. The van der Waals surface area contributed by atoms with Crippen LogP contribution in [0, 0.1) is 0 Å². The normalized spacial score (nSPS) is 15.4. The van der Waals surface area contributed by atoms with Gasteiger partial charge in [-0.15, -0.1) is 0 Å². The standard InChI is InChI=1S/C27H27ClN2O5S/c1-5-33-20-13-12-18(14-21(20)34-6-2)24-23(26(32)35-7-3)16(4)29-27-30(24)25(31)22(36-27)15-17-10-8-9-11-19(17)28/h8-15,24H,5-7H2,1-4H3/b22-15-/t24-/m1/s1. The predicted octanol–water partition coefficient (Wildman–Crippen LogP) is 4.25. The topological polar surface area (TPSA) is 79.1 Å². The van der Waals surface area contributed by atoms with Crippen molar-refractivity contribution in [3.63, 3.8) is 0 Å². The summed E-state index contributed by atoms with van der Waals surface area (Å²) in [6.45, 7) is 8.38. The lowest BCUT2D eigenvalue weighted by molar-refractivity contribution is -0.139. The maximum Gasteiger partial charge on any atom is 0.338 e. The minimum absolute atomic E-state index is 0.201. The molecule has 0 N–H and O–H groups in total. The molecule has 9 heteroatoms. The Kier molecular flexibility index (Phi) is 7.96. The Morgan fingerprint density at radius 1 is 1.08 bits per heavy atom. The fourth-order valence-electron chi connectivity index (χ4n) is 4.08. The molecule has 1 atom stereocenters. The molecule has 7 nitrogen and oxygen atoms in total. The average Bonchev–Trinajstić information content (AvgIpc) is 3.15. The number of thiazole rings is 1. The summed E-state index contributed by atoms with van der Waals surface area (Å²) in [5, 5.41) is 0.538. The molecule has 188 valence electrons. The SMILES string of the molecule is CCOC(=O)C1=C(C)N=c2s/c(=C\c3ccccc3Cl)c(=O)n2[C@@H]1c1ccc(OCC)c(OCC)c1. The number of carbonyl (C=O) groups excluding carboxylic acids is 1. The monoisotopic (exact) mass is 526 g/mol. The van der Waals surface area contributed by atoms with Crippen LogP contribution in [0.15, 0.2) is 63.5 Å². The Balaban J connectivity index is 1.97. The van der Waals surface area contributed by atoms with Gasteiger partial charge in [0.05, 0.1) is 41.7 Å². The minimum atomic E-state index is -0.747. The van der Waals surface area contributed by atoms with Crippen molar-refractivity contribution in [1.82, 2.24) is 4.57 Å². The van der Waals surface area contributed by atoms with E-state index in [2.05, 4.69) is 4.99 Å². The Bertz CT molecular complexity index is 1510. The Morgan fingerprint density at radius 3 is 2.50 bits per heavy atom. The van der Waals surface area contributed by atoms with Crippen molar-refractivity contribution in [1.29, 1.82) is 0 Å². The molecule has 0 fully saturated rings. The summed E-state index contributed by atoms with van der Waals surface area (Å²) >= 11 is 7.58. The lowest BCUT2D eigenvalue weighted by Gasteiger charge is -2.25. The van der Waals surface area contributed by atoms with Gasteiger partial charge in [0.15, 0.2) is 16.3 Å². The second kappa shape index (κ2) is 11.1. The van der Waals surface area contributed by atoms with Crippen LogP contribution in [-0.2, 0) is 9.53 Å². The first kappa shape index (κ1) is 25.7. The van der Waals surface area contributed by atoms with Crippen LogP contribution >= 0.6 is 22.9 Å². The van der Waals surface area contributed by atoms with Gasteiger partial charge in [0, 0.05) is 5.02 Å². The molecule has 2 aromatic carbocycles. The van der Waals surface area contributed by atoms with Crippen molar-refractivity contribution in [2.75, 3.05) is 19.8 Å². The largest absolute Gasteiger partial charge is 0.490 e. The number of carbonyl (C=O) groups is 1. The van der Waals surface area contributed by atoms with Crippen molar-refractivity contribution in [3.05, 3.63) is 89.6 Å². The first-order chi connectivity index (χ1) is 17.4. The molecule has 3 aromatic rings. The van der Waals surface area contributed by atoms with Crippen LogP contribution in [0.2, 0.25) is 5.02 Å². The molecule has 0 unspecified atom stereocenters. The maximum absolute atomic E-state index is 13.7. The van der Waals surface area contributed by atoms with E-state index < -0.39 is 12.0 Å². The van der Waals surface area contributed by atoms with E-state index in [4.69, 9.17) is 25.8 Å². The Labute approximate surface area is 217 Å². The molecular weight excluding hydrogens is 500 g/mol. The highest BCUT2D eigenvalue weighted by Crippen LogP contribution is 2.36. The maximum atomic E-state index is 13.7. The van der Waals surface area contributed by atoms with Gasteiger partial charge < -0.3 is 14.2 Å². The van der Waals surface area contributed by atoms with Crippen LogP contribution in [0.5, 0.6) is 11.5 Å². The fourth-order valence-corrected chi connectivity index (χ4v) is 5.31. The van der Waals surface area contributed by atoms with E-state index in [1.807, 2.05) is 44.2 Å². The highest BCUT2D eigenvalue weighted by molar-refractivity contribution is 7.07. The molecule has 0 saturated carbocycles. The van der Waals surface area contributed by atoms with Crippen molar-refractivity contribution >= 4 is 35.0 Å². The summed E-state index contributed by atoms with van der Waals surface area (Å²) in [4.78, 5) is 31.9. The molecule has 0 saturated heterocycles. The van der Waals surface area contributed by atoms with Crippen molar-refractivity contribution in [2.24, 2.45) is 4.99 Å². The van der Waals surface area contributed by atoms with E-state index in [-0.39, 0.29) is 12.2 Å². The van der Waals surface area contributed by atoms with Crippen LogP contribution in [-0.4, -0.2) is 30.4 Å². The minimum Gasteiger partial charge on any atom is -0.490 e. The van der Waals surface area contributed by atoms with Crippen LogP contribution in [0.25, 0.3) is 6.08 Å². The summed E-state index contributed by atoms with van der Waals surface area (Å²) in [5.41, 5.74) is 1.94. The predicted molar refractivity (Wildman–Crippen MR) is 141 cm³/mol. The number of esters is 1. The average molecular weight is 527 g/mol. The van der Waals surface area contributed by atoms with Crippen LogP contribution in [0.1, 0.15) is 44.9 Å². The number of hydrogen-bond acceptors (Lipinski definition) is 7. The number of benzene rings is 2. The molecular formula is C27H27ClN2O5S. The number of halogens is 1. The lowest BCUT2D eigenvalue weighted by Crippen LogP contribution is -2.40. The summed E-state index contributed by atoms with van der Waals surface area (Å²) in [6, 6.07) is 12.0. The molecule has 1 aliphatic heterocycles. The van der Waals surface area contributed by atoms with Crippen molar-refractivity contribution < 1.29 is 19.0 Å². The van der Waals surface area contributed by atoms with E-state index in [9.17, 15) is 9.59 Å². The number of hydrogen-bond donors (Lipinski definition) is 0. The molecule has 1 aliphatic rings. The molecule has 2 heterocycles. The van der Waals surface area contributed by atoms with E-state index in [1.165, 1.54) is 15.9 Å². The van der Waals surface area contributed by atoms with Gasteiger partial charge in [0.25, 0.3) is 5.56 Å². The van der Waals surface area contributed by atoms with E-state index in [0.29, 0.717) is 55.9 Å². The molecule has 0 amide bonds. The molecule has 0 spiro atoms. The second-order valence-corrected chi connectivity index (χ2v) is 9.31. The van der Waals surface area contributed by atoms with Gasteiger partial charge in [0.1, 0.15) is 0 Å². The van der Waals surface area contributed by atoms with Crippen LogP contribution in [0.3, 0.4) is 0 Å². The zero-order valence-electron chi connectivity index (χ0n) is 20.5. The van der Waals surface area contributed by atoms with Gasteiger partial charge in [-0.3, -0.25) is 9.36 Å². The van der Waals surface area contributed by atoms with Crippen LogP contribution < -0.4 is 24.4 Å². The molecule has 36 heavy (non-hydrogen) atoms. The fraction of sp³-hybridized carbons (Fsp3) is 0.296. The Morgan fingerprint density at radius 2 is 1.81 bits per heavy atom. The van der Waals surface area contributed by atoms with Gasteiger partial charge in [-0.2, -0.15) is 0 Å². The summed E-state index contributed by atoms with van der Waals surface area (Å²) in [7, 11) is 0. The number of aromatic nitrogens is 1. The summed E-state index contributed by atoms with van der Waals surface area (Å²) in [6.07, 6.45) is 1.75. The summed E-state index contributed by atoms with van der Waals surface area (Å²) in [5.74, 6) is 0.608. The smallest absolute Gasteiger partial charge is 0.338 e. The van der Waals surface area contributed by atoms with E-state index in [0.717, 1.165) is 5.56 Å². The third-order valence-corrected chi connectivity index (χ3v) is 6.92. The number of fused-ring (bicyclic) bond motifs is 1. The van der Waals surface area contributed by atoms with Gasteiger partial charge in [-0.25, -0.2) is 9.79 Å². The van der Waals surface area contributed by atoms with Crippen molar-refractivity contribution in [2.45, 2.75) is 33.7 Å². The van der Waals surface area contributed by atoms with E-state index in [1.54, 1.807) is 32.1 Å². The third-order valence-electron chi connectivity index (χ3n) is 5.59. The third kappa shape index (κ3) is 4.96. The number of allylic oxidation sites excluding steroid dienone is 1. The number of rotatable bonds is 8. The highest BCUT2D eigenvalue weighted by atomic mass is 35.5. The van der Waals surface area contributed by atoms with Gasteiger partial charge in [-0.05, 0) is 63.1 Å². The molecule has 0 radical (unpaired) electrons. The molecule has 4 rings (SSSR count). The summed E-state index contributed by atoms with van der Waals surface area (Å²) < 4.78 is 18.9. The quantitative estimate of drug-likeness (QED) is 0.410. The van der Waals surface area contributed by atoms with Crippen molar-refractivity contribution in [3.8, 4) is 11.5 Å².